The molecule has 0 bridgehead atoms. The number of hydrogen-bond donors (Lipinski definition) is 1. The first-order valence-corrected chi connectivity index (χ1v) is 7.16. The van der Waals surface area contributed by atoms with Crippen molar-refractivity contribution in [2.24, 2.45) is 0 Å². The highest BCUT2D eigenvalue weighted by atomic mass is 35.5. The first-order valence-electron chi connectivity index (χ1n) is 6.41. The lowest BCUT2D eigenvalue weighted by Gasteiger charge is -2.08. The van der Waals surface area contributed by atoms with Crippen molar-refractivity contribution in [3.05, 3.63) is 57.7 Å². The number of carbonyl (C=O) groups excluding carboxylic acids is 1. The largest absolute Gasteiger partial charge is 0.478 e. The summed E-state index contributed by atoms with van der Waals surface area (Å²) in [5.41, 5.74) is 1.28. The molecule has 2 aromatic rings. The van der Waals surface area contributed by atoms with Gasteiger partial charge in [0.15, 0.2) is 0 Å². The van der Waals surface area contributed by atoms with Crippen molar-refractivity contribution in [3.63, 3.8) is 0 Å². The molecule has 1 N–H and O–H groups in total. The number of aromatic nitrogens is 1. The standard InChI is InChI=1S/C15H14Cl2N2O2/c1-2-21-14-7-10(5-6-18-14)15(20)19-9-11-3-4-12(16)8-13(11)17/h3-8H,2,9H2,1H3,(H,19,20). The molecule has 0 fully saturated rings. The lowest BCUT2D eigenvalue weighted by Crippen LogP contribution is -2.23. The summed E-state index contributed by atoms with van der Waals surface area (Å²) in [7, 11) is 0. The Hall–Kier alpha value is -1.78. The Labute approximate surface area is 133 Å². The van der Waals surface area contributed by atoms with Crippen molar-refractivity contribution in [2.75, 3.05) is 6.61 Å². The van der Waals surface area contributed by atoms with E-state index in [4.69, 9.17) is 27.9 Å². The molecule has 0 aliphatic heterocycles. The van der Waals surface area contributed by atoms with Gasteiger partial charge in [-0.2, -0.15) is 0 Å². The molecule has 1 aromatic carbocycles. The van der Waals surface area contributed by atoms with Gasteiger partial charge in [0.25, 0.3) is 5.91 Å². The van der Waals surface area contributed by atoms with Gasteiger partial charge in [0.05, 0.1) is 6.61 Å². The maximum absolute atomic E-state index is 12.1. The van der Waals surface area contributed by atoms with E-state index in [-0.39, 0.29) is 5.91 Å². The monoisotopic (exact) mass is 324 g/mol. The Balaban J connectivity index is 2.02. The van der Waals surface area contributed by atoms with Gasteiger partial charge < -0.3 is 10.1 Å². The summed E-state index contributed by atoms with van der Waals surface area (Å²) in [6.07, 6.45) is 1.54. The van der Waals surface area contributed by atoms with Gasteiger partial charge in [-0.15, -0.1) is 0 Å². The topological polar surface area (TPSA) is 51.2 Å². The van der Waals surface area contributed by atoms with Crippen molar-refractivity contribution in [1.29, 1.82) is 0 Å². The molecule has 0 atom stereocenters. The number of rotatable bonds is 5. The summed E-state index contributed by atoms with van der Waals surface area (Å²) >= 11 is 11.9. The van der Waals surface area contributed by atoms with E-state index in [0.717, 1.165) is 5.56 Å². The number of nitrogens with zero attached hydrogens (tertiary/aromatic N) is 1. The SMILES string of the molecule is CCOc1cc(C(=O)NCc2ccc(Cl)cc2Cl)ccn1. The number of benzene rings is 1. The van der Waals surface area contributed by atoms with E-state index < -0.39 is 0 Å². The van der Waals surface area contributed by atoms with Crippen molar-refractivity contribution >= 4 is 29.1 Å². The van der Waals surface area contributed by atoms with Crippen LogP contribution in [0.5, 0.6) is 5.88 Å². The van der Waals surface area contributed by atoms with Gasteiger partial charge >= 0.3 is 0 Å². The quantitative estimate of drug-likeness (QED) is 0.911. The molecule has 21 heavy (non-hydrogen) atoms. The second kappa shape index (κ2) is 7.29. The van der Waals surface area contributed by atoms with Gasteiger partial charge in [0, 0.05) is 34.4 Å². The summed E-state index contributed by atoms with van der Waals surface area (Å²) in [6, 6.07) is 8.38. The molecule has 1 amide bonds. The van der Waals surface area contributed by atoms with Crippen molar-refractivity contribution in [1.82, 2.24) is 10.3 Å². The third-order valence-electron chi connectivity index (χ3n) is 2.74. The Morgan fingerprint density at radius 2 is 2.10 bits per heavy atom. The van der Waals surface area contributed by atoms with Crippen LogP contribution in [0.4, 0.5) is 0 Å². The van der Waals surface area contributed by atoms with Crippen LogP contribution in [0.25, 0.3) is 0 Å². The van der Waals surface area contributed by atoms with Crippen LogP contribution in [0.1, 0.15) is 22.8 Å². The van der Waals surface area contributed by atoms with Crippen LogP contribution in [-0.2, 0) is 6.54 Å². The highest BCUT2D eigenvalue weighted by molar-refractivity contribution is 6.35. The minimum atomic E-state index is -0.218. The van der Waals surface area contributed by atoms with E-state index in [2.05, 4.69) is 10.3 Å². The molecule has 0 radical (unpaired) electrons. The van der Waals surface area contributed by atoms with Crippen LogP contribution in [0.3, 0.4) is 0 Å². The highest BCUT2D eigenvalue weighted by Crippen LogP contribution is 2.20. The van der Waals surface area contributed by atoms with Crippen LogP contribution in [0, 0.1) is 0 Å². The number of halogens is 2. The van der Waals surface area contributed by atoms with Gasteiger partial charge in [0.1, 0.15) is 0 Å². The average molecular weight is 325 g/mol. The fourth-order valence-corrected chi connectivity index (χ4v) is 2.20. The number of pyridine rings is 1. The summed E-state index contributed by atoms with van der Waals surface area (Å²) in [5.74, 6) is 0.207. The minimum absolute atomic E-state index is 0.218. The fraction of sp³-hybridized carbons (Fsp3) is 0.200. The van der Waals surface area contributed by atoms with Crippen LogP contribution < -0.4 is 10.1 Å². The molecule has 0 aliphatic rings. The van der Waals surface area contributed by atoms with Crippen molar-refractivity contribution in [3.8, 4) is 5.88 Å². The predicted molar refractivity (Wildman–Crippen MR) is 83.0 cm³/mol. The van der Waals surface area contributed by atoms with Crippen molar-refractivity contribution in [2.45, 2.75) is 13.5 Å². The second-order valence-electron chi connectivity index (χ2n) is 4.23. The molecule has 4 nitrogen and oxygen atoms in total. The highest BCUT2D eigenvalue weighted by Gasteiger charge is 2.08. The Kier molecular flexibility index (Phi) is 5.42. The maximum Gasteiger partial charge on any atom is 0.251 e. The maximum atomic E-state index is 12.1. The first kappa shape index (κ1) is 15.6. The van der Waals surface area contributed by atoms with Crippen LogP contribution >= 0.6 is 23.2 Å². The minimum Gasteiger partial charge on any atom is -0.478 e. The normalized spacial score (nSPS) is 10.2. The molecule has 0 spiro atoms. The summed E-state index contributed by atoms with van der Waals surface area (Å²) in [6.45, 7) is 2.68. The number of carbonyl (C=O) groups is 1. The Morgan fingerprint density at radius 1 is 1.29 bits per heavy atom. The van der Waals surface area contributed by atoms with Gasteiger partial charge in [-0.1, -0.05) is 29.3 Å². The van der Waals surface area contributed by atoms with Crippen LogP contribution in [0.2, 0.25) is 10.0 Å². The molecular weight excluding hydrogens is 311 g/mol. The number of nitrogens with one attached hydrogen (secondary N) is 1. The van der Waals surface area contributed by atoms with E-state index in [1.54, 1.807) is 30.3 Å². The molecule has 6 heteroatoms. The second-order valence-corrected chi connectivity index (χ2v) is 5.08. The molecule has 2 rings (SSSR count). The van der Waals surface area contributed by atoms with Crippen LogP contribution in [0.15, 0.2) is 36.5 Å². The zero-order valence-corrected chi connectivity index (χ0v) is 12.9. The zero-order valence-electron chi connectivity index (χ0n) is 11.4. The summed E-state index contributed by atoms with van der Waals surface area (Å²) in [5, 5.41) is 3.88. The predicted octanol–water partition coefficient (Wildman–Crippen LogP) is 3.72. The van der Waals surface area contributed by atoms with Gasteiger partial charge in [0.2, 0.25) is 5.88 Å². The molecular formula is C15H14Cl2N2O2. The first-order chi connectivity index (χ1) is 10.1. The molecule has 0 saturated heterocycles. The van der Waals surface area contributed by atoms with E-state index >= 15 is 0 Å². The molecule has 0 aliphatic carbocycles. The van der Waals surface area contributed by atoms with E-state index in [1.807, 2.05) is 6.92 Å². The molecule has 1 heterocycles. The molecule has 1 aromatic heterocycles. The lowest BCUT2D eigenvalue weighted by atomic mass is 10.2. The van der Waals surface area contributed by atoms with E-state index in [1.165, 1.54) is 6.20 Å². The van der Waals surface area contributed by atoms with E-state index in [0.29, 0.717) is 34.6 Å². The molecule has 0 unspecified atom stereocenters. The van der Waals surface area contributed by atoms with Crippen molar-refractivity contribution < 1.29 is 9.53 Å². The smallest absolute Gasteiger partial charge is 0.251 e. The third-order valence-corrected chi connectivity index (χ3v) is 3.33. The summed E-state index contributed by atoms with van der Waals surface area (Å²) in [4.78, 5) is 16.1. The fourth-order valence-electron chi connectivity index (χ4n) is 1.72. The Bertz CT molecular complexity index is 647. The zero-order chi connectivity index (χ0) is 15.2. The third kappa shape index (κ3) is 4.34. The number of hydrogen-bond acceptors (Lipinski definition) is 3. The van der Waals surface area contributed by atoms with E-state index in [9.17, 15) is 4.79 Å². The van der Waals surface area contributed by atoms with Crippen LogP contribution in [-0.4, -0.2) is 17.5 Å². The number of amides is 1. The summed E-state index contributed by atoms with van der Waals surface area (Å²) < 4.78 is 5.26. The molecule has 110 valence electrons. The number of ether oxygens (including phenoxy) is 1. The van der Waals surface area contributed by atoms with Gasteiger partial charge in [-0.05, 0) is 30.7 Å². The van der Waals surface area contributed by atoms with Gasteiger partial charge in [-0.3, -0.25) is 4.79 Å². The molecule has 0 saturated carbocycles. The lowest BCUT2D eigenvalue weighted by molar-refractivity contribution is 0.0950. The Morgan fingerprint density at radius 3 is 2.81 bits per heavy atom. The average Bonchev–Trinajstić information content (AvgIpc) is 2.47. The van der Waals surface area contributed by atoms with Gasteiger partial charge in [-0.25, -0.2) is 4.98 Å².